The Kier molecular flexibility index (Phi) is 5.48. The first-order valence-corrected chi connectivity index (χ1v) is 10.6. The number of rotatable bonds is 5. The molecule has 1 saturated heterocycles. The monoisotopic (exact) mass is 376 g/mol. The number of piperidine rings is 1. The first-order chi connectivity index (χ1) is 11.0. The van der Waals surface area contributed by atoms with Crippen LogP contribution < -0.4 is 15.2 Å². The van der Waals surface area contributed by atoms with Crippen molar-refractivity contribution in [3.8, 4) is 0 Å². The maximum atomic E-state index is 12.2. The summed E-state index contributed by atoms with van der Waals surface area (Å²) in [5, 5.41) is 7.80. The van der Waals surface area contributed by atoms with E-state index < -0.39 is 20.2 Å². The summed E-state index contributed by atoms with van der Waals surface area (Å²) >= 11 is 0. The summed E-state index contributed by atoms with van der Waals surface area (Å²) in [7, 11) is -7.06. The number of benzene rings is 1. The lowest BCUT2D eigenvalue weighted by atomic mass is 9.97. The van der Waals surface area contributed by atoms with E-state index in [2.05, 4.69) is 10.0 Å². The molecule has 1 fully saturated rings. The van der Waals surface area contributed by atoms with Gasteiger partial charge >= 0.3 is 0 Å². The molecule has 1 aromatic carbocycles. The molecule has 9 nitrogen and oxygen atoms in total. The molecule has 0 bridgehead atoms. The highest BCUT2D eigenvalue weighted by Crippen LogP contribution is 2.21. The zero-order chi connectivity index (χ0) is 18.0. The summed E-state index contributed by atoms with van der Waals surface area (Å²) in [6.45, 7) is 0.433. The fourth-order valence-electron chi connectivity index (χ4n) is 2.45. The molecule has 0 spiro atoms. The molecule has 2 rings (SSSR count). The minimum atomic E-state index is -3.71. The number of nitrogens with zero attached hydrogens (tertiary/aromatic N) is 1. The third kappa shape index (κ3) is 5.44. The van der Waals surface area contributed by atoms with Gasteiger partial charge in [0.1, 0.15) is 0 Å². The van der Waals surface area contributed by atoms with Gasteiger partial charge in [-0.3, -0.25) is 9.52 Å². The third-order valence-electron chi connectivity index (χ3n) is 3.64. The number of hydrogen-bond donors (Lipinski definition) is 3. The summed E-state index contributed by atoms with van der Waals surface area (Å²) in [6, 6.07) is 6.26. The first kappa shape index (κ1) is 18.6. The van der Waals surface area contributed by atoms with Crippen LogP contribution in [0.1, 0.15) is 12.8 Å². The Hall–Kier alpha value is -1.69. The second-order valence-corrected chi connectivity index (χ2v) is 8.95. The fraction of sp³-hybridized carbons (Fsp3) is 0.462. The van der Waals surface area contributed by atoms with Crippen molar-refractivity contribution >= 4 is 37.5 Å². The van der Waals surface area contributed by atoms with E-state index in [4.69, 9.17) is 5.14 Å². The van der Waals surface area contributed by atoms with Crippen LogP contribution in [0.25, 0.3) is 0 Å². The van der Waals surface area contributed by atoms with Gasteiger partial charge in [-0.2, -0.15) is 12.7 Å². The van der Waals surface area contributed by atoms with E-state index in [1.54, 1.807) is 24.3 Å². The lowest BCUT2D eigenvalue weighted by Gasteiger charge is -2.29. The van der Waals surface area contributed by atoms with Crippen molar-refractivity contribution < 1.29 is 21.6 Å². The molecule has 0 atom stereocenters. The van der Waals surface area contributed by atoms with Crippen molar-refractivity contribution in [1.29, 1.82) is 0 Å². The zero-order valence-corrected chi connectivity index (χ0v) is 14.7. The number of nitrogens with two attached hydrogens (primary N) is 1. The molecule has 1 aromatic rings. The van der Waals surface area contributed by atoms with E-state index >= 15 is 0 Å². The molecular formula is C13H20N4O5S2. The Morgan fingerprint density at radius 1 is 1.08 bits per heavy atom. The summed E-state index contributed by atoms with van der Waals surface area (Å²) in [5.41, 5.74) is 0.935. The second kappa shape index (κ2) is 7.05. The van der Waals surface area contributed by atoms with Crippen molar-refractivity contribution in [2.45, 2.75) is 12.8 Å². The zero-order valence-electron chi connectivity index (χ0n) is 13.1. The van der Waals surface area contributed by atoms with E-state index in [9.17, 15) is 21.6 Å². The number of carbonyl (C=O) groups is 1. The summed E-state index contributed by atoms with van der Waals surface area (Å²) in [5.74, 6) is -0.496. The van der Waals surface area contributed by atoms with Crippen LogP contribution >= 0.6 is 0 Å². The van der Waals surface area contributed by atoms with Crippen LogP contribution in [0.15, 0.2) is 24.3 Å². The predicted molar refractivity (Wildman–Crippen MR) is 90.9 cm³/mol. The number of hydrogen-bond acceptors (Lipinski definition) is 5. The summed E-state index contributed by atoms with van der Waals surface area (Å²) < 4.78 is 48.2. The van der Waals surface area contributed by atoms with Crippen molar-refractivity contribution in [2.75, 3.05) is 29.4 Å². The lowest BCUT2D eigenvalue weighted by Crippen LogP contribution is -2.44. The molecule has 0 saturated carbocycles. The third-order valence-corrected chi connectivity index (χ3v) is 5.33. The van der Waals surface area contributed by atoms with Gasteiger partial charge in [-0.25, -0.2) is 13.6 Å². The average Bonchev–Trinajstić information content (AvgIpc) is 2.47. The van der Waals surface area contributed by atoms with Gasteiger partial charge in [0.2, 0.25) is 15.9 Å². The van der Waals surface area contributed by atoms with Crippen LogP contribution in [0.2, 0.25) is 0 Å². The Labute approximate surface area is 141 Å². The highest BCUT2D eigenvalue weighted by molar-refractivity contribution is 7.92. The van der Waals surface area contributed by atoms with Crippen molar-refractivity contribution in [3.63, 3.8) is 0 Å². The van der Waals surface area contributed by atoms with Crippen molar-refractivity contribution in [1.82, 2.24) is 4.31 Å². The molecule has 134 valence electrons. The highest BCUT2D eigenvalue weighted by Gasteiger charge is 2.29. The van der Waals surface area contributed by atoms with Crippen LogP contribution in [0.4, 0.5) is 11.4 Å². The molecule has 0 aromatic heterocycles. The summed E-state index contributed by atoms with van der Waals surface area (Å²) in [6.07, 6.45) is 1.85. The van der Waals surface area contributed by atoms with Gasteiger partial charge in [0.05, 0.1) is 6.26 Å². The fourth-order valence-corrected chi connectivity index (χ4v) is 3.74. The minimum Gasteiger partial charge on any atom is -0.326 e. The smallest absolute Gasteiger partial charge is 0.276 e. The first-order valence-electron chi connectivity index (χ1n) is 7.21. The van der Waals surface area contributed by atoms with E-state index in [0.29, 0.717) is 24.2 Å². The highest BCUT2D eigenvalue weighted by atomic mass is 32.2. The molecule has 24 heavy (non-hydrogen) atoms. The van der Waals surface area contributed by atoms with Crippen LogP contribution in [0.5, 0.6) is 0 Å². The normalized spacial score (nSPS) is 17.4. The molecule has 0 unspecified atom stereocenters. The predicted octanol–water partition coefficient (Wildman–Crippen LogP) is -0.0879. The van der Waals surface area contributed by atoms with Crippen molar-refractivity contribution in [3.05, 3.63) is 24.3 Å². The number of anilines is 2. The van der Waals surface area contributed by atoms with Gasteiger partial charge in [0.25, 0.3) is 10.2 Å². The van der Waals surface area contributed by atoms with Crippen LogP contribution in [0.3, 0.4) is 0 Å². The Morgan fingerprint density at radius 3 is 2.04 bits per heavy atom. The molecule has 11 heteroatoms. The number of nitrogens with one attached hydrogen (secondary N) is 2. The largest absolute Gasteiger partial charge is 0.326 e. The van der Waals surface area contributed by atoms with E-state index in [-0.39, 0.29) is 24.9 Å². The van der Waals surface area contributed by atoms with Crippen LogP contribution in [-0.4, -0.2) is 46.4 Å². The topological polar surface area (TPSA) is 139 Å². The molecule has 1 aliphatic heterocycles. The Bertz CT molecular complexity index is 797. The standard InChI is InChI=1S/C13H20N4O5S2/c1-23(19,20)16-12-4-2-11(3-5-12)15-13(18)10-6-8-17(9-7-10)24(14,21)22/h2-5,10,16H,6-9H2,1H3,(H,15,18)(H2,14,21,22). The molecule has 0 aliphatic carbocycles. The minimum absolute atomic E-state index is 0.201. The van der Waals surface area contributed by atoms with Crippen LogP contribution in [-0.2, 0) is 25.0 Å². The second-order valence-electron chi connectivity index (χ2n) is 5.66. The van der Waals surface area contributed by atoms with E-state index in [1.165, 1.54) is 0 Å². The lowest BCUT2D eigenvalue weighted by molar-refractivity contribution is -0.120. The Morgan fingerprint density at radius 2 is 1.58 bits per heavy atom. The van der Waals surface area contributed by atoms with Gasteiger partial charge in [-0.1, -0.05) is 0 Å². The average molecular weight is 376 g/mol. The molecule has 1 aliphatic rings. The maximum absolute atomic E-state index is 12.2. The molecular weight excluding hydrogens is 356 g/mol. The van der Waals surface area contributed by atoms with Gasteiger partial charge in [-0.05, 0) is 37.1 Å². The molecule has 1 amide bonds. The molecule has 1 heterocycles. The van der Waals surface area contributed by atoms with E-state index in [0.717, 1.165) is 10.6 Å². The van der Waals surface area contributed by atoms with Crippen molar-refractivity contribution in [2.24, 2.45) is 11.1 Å². The Balaban J connectivity index is 1.91. The van der Waals surface area contributed by atoms with Gasteiger partial charge in [-0.15, -0.1) is 0 Å². The van der Waals surface area contributed by atoms with Gasteiger partial charge < -0.3 is 5.32 Å². The molecule has 0 radical (unpaired) electrons. The quantitative estimate of drug-likeness (QED) is 0.659. The van der Waals surface area contributed by atoms with Crippen LogP contribution in [0, 0.1) is 5.92 Å². The number of carbonyl (C=O) groups excluding carboxylic acids is 1. The van der Waals surface area contributed by atoms with Gasteiger partial charge in [0.15, 0.2) is 0 Å². The SMILES string of the molecule is CS(=O)(=O)Nc1ccc(NC(=O)C2CCN(S(N)(=O)=O)CC2)cc1. The number of amides is 1. The van der Waals surface area contributed by atoms with E-state index in [1.807, 2.05) is 0 Å². The number of sulfonamides is 1. The van der Waals surface area contributed by atoms with Gasteiger partial charge in [0, 0.05) is 30.4 Å². The molecule has 4 N–H and O–H groups in total. The maximum Gasteiger partial charge on any atom is 0.276 e. The summed E-state index contributed by atoms with van der Waals surface area (Å²) in [4.78, 5) is 12.2.